The molecule has 0 unspecified atom stereocenters. The molecule has 0 aliphatic carbocycles. The number of hydrogen-bond acceptors (Lipinski definition) is 6. The Labute approximate surface area is 182 Å². The van der Waals surface area contributed by atoms with Crippen LogP contribution in [-0.4, -0.2) is 50.3 Å². The zero-order chi connectivity index (χ0) is 21.8. The monoisotopic (exact) mass is 421 g/mol. The van der Waals surface area contributed by atoms with Gasteiger partial charge in [-0.2, -0.15) is 0 Å². The molecule has 0 atom stereocenters. The summed E-state index contributed by atoms with van der Waals surface area (Å²) in [5, 5.41) is 4.01. The predicted octanol–water partition coefficient (Wildman–Crippen LogP) is 4.23. The van der Waals surface area contributed by atoms with E-state index in [1.807, 2.05) is 12.1 Å². The fourth-order valence-corrected chi connectivity index (χ4v) is 3.94. The predicted molar refractivity (Wildman–Crippen MR) is 119 cm³/mol. The van der Waals surface area contributed by atoms with Gasteiger partial charge in [0.2, 0.25) is 0 Å². The highest BCUT2D eigenvalue weighted by molar-refractivity contribution is 5.93. The maximum absolute atomic E-state index is 13.0. The molecule has 1 amide bonds. The lowest BCUT2D eigenvalue weighted by Gasteiger charge is -2.24. The van der Waals surface area contributed by atoms with E-state index in [4.69, 9.17) is 14.0 Å². The molecule has 4 rings (SSSR count). The van der Waals surface area contributed by atoms with Crippen LogP contribution in [0.4, 0.5) is 5.69 Å². The SMILES string of the molecule is COc1ccc(OC)c(-c2cc(C(=O)N(C)Cc3ccccc3N3CCCC3)no2)c1. The minimum absolute atomic E-state index is 0.201. The fraction of sp³-hybridized carbons (Fsp3) is 0.333. The zero-order valence-corrected chi connectivity index (χ0v) is 18.1. The standard InChI is InChI=1S/C24H27N3O4/c1-26(16-17-8-4-5-9-21(17)27-12-6-7-13-27)24(28)20-15-23(31-25-20)19-14-18(29-2)10-11-22(19)30-3/h4-5,8-11,14-15H,6-7,12-13,16H2,1-3H3. The first-order chi connectivity index (χ1) is 15.1. The Bertz CT molecular complexity index is 1060. The topological polar surface area (TPSA) is 68.0 Å². The fourth-order valence-electron chi connectivity index (χ4n) is 3.94. The van der Waals surface area contributed by atoms with Gasteiger partial charge in [0.15, 0.2) is 11.5 Å². The maximum atomic E-state index is 13.0. The van der Waals surface area contributed by atoms with Gasteiger partial charge in [0.1, 0.15) is 11.5 Å². The van der Waals surface area contributed by atoms with E-state index < -0.39 is 0 Å². The lowest BCUT2D eigenvalue weighted by molar-refractivity contribution is 0.0775. The molecule has 3 aromatic rings. The molecule has 7 nitrogen and oxygen atoms in total. The highest BCUT2D eigenvalue weighted by atomic mass is 16.5. The number of methoxy groups -OCH3 is 2. The van der Waals surface area contributed by atoms with Crippen LogP contribution in [0.2, 0.25) is 0 Å². The second-order valence-corrected chi connectivity index (χ2v) is 7.63. The Morgan fingerprint density at radius 2 is 1.87 bits per heavy atom. The number of aromatic nitrogens is 1. The normalized spacial score (nSPS) is 13.3. The third-order valence-corrected chi connectivity index (χ3v) is 5.59. The van der Waals surface area contributed by atoms with Crippen molar-refractivity contribution in [1.82, 2.24) is 10.1 Å². The van der Waals surface area contributed by atoms with Crippen LogP contribution in [0, 0.1) is 0 Å². The van der Waals surface area contributed by atoms with E-state index in [1.165, 1.54) is 18.5 Å². The minimum atomic E-state index is -0.201. The largest absolute Gasteiger partial charge is 0.497 e. The first-order valence-corrected chi connectivity index (χ1v) is 10.4. The molecule has 1 fully saturated rings. The number of ether oxygens (including phenoxy) is 2. The first kappa shape index (κ1) is 20.8. The Morgan fingerprint density at radius 3 is 2.61 bits per heavy atom. The Balaban J connectivity index is 1.53. The highest BCUT2D eigenvalue weighted by Crippen LogP contribution is 2.34. The second-order valence-electron chi connectivity index (χ2n) is 7.63. The number of amides is 1. The second kappa shape index (κ2) is 9.12. The zero-order valence-electron chi connectivity index (χ0n) is 18.1. The summed E-state index contributed by atoms with van der Waals surface area (Å²) < 4.78 is 16.2. The Morgan fingerprint density at radius 1 is 1.10 bits per heavy atom. The summed E-state index contributed by atoms with van der Waals surface area (Å²) in [7, 11) is 4.96. The molecule has 2 heterocycles. The van der Waals surface area contributed by atoms with E-state index in [1.54, 1.807) is 50.4 Å². The van der Waals surface area contributed by atoms with Crippen LogP contribution in [0.1, 0.15) is 28.9 Å². The van der Waals surface area contributed by atoms with E-state index in [9.17, 15) is 4.79 Å². The van der Waals surface area contributed by atoms with Crippen LogP contribution in [0.3, 0.4) is 0 Å². The van der Waals surface area contributed by atoms with Crippen molar-refractivity contribution < 1.29 is 18.8 Å². The van der Waals surface area contributed by atoms with E-state index in [2.05, 4.69) is 22.2 Å². The number of nitrogens with zero attached hydrogens (tertiary/aromatic N) is 3. The Hall–Kier alpha value is -3.48. The lowest BCUT2D eigenvalue weighted by Crippen LogP contribution is -2.28. The molecule has 2 aromatic carbocycles. The highest BCUT2D eigenvalue weighted by Gasteiger charge is 2.22. The molecule has 162 valence electrons. The Kier molecular flexibility index (Phi) is 6.11. The summed E-state index contributed by atoms with van der Waals surface area (Å²) in [5.41, 5.74) is 3.25. The summed E-state index contributed by atoms with van der Waals surface area (Å²) in [5.74, 6) is 1.53. The molecule has 1 aliphatic heterocycles. The van der Waals surface area contributed by atoms with Crippen LogP contribution in [0.25, 0.3) is 11.3 Å². The van der Waals surface area contributed by atoms with Crippen molar-refractivity contribution >= 4 is 11.6 Å². The van der Waals surface area contributed by atoms with Crippen LogP contribution >= 0.6 is 0 Å². The van der Waals surface area contributed by atoms with Crippen molar-refractivity contribution in [1.29, 1.82) is 0 Å². The first-order valence-electron chi connectivity index (χ1n) is 10.4. The molecule has 0 radical (unpaired) electrons. The van der Waals surface area contributed by atoms with Crippen molar-refractivity contribution in [2.24, 2.45) is 0 Å². The van der Waals surface area contributed by atoms with Gasteiger partial charge in [-0.05, 0) is 42.7 Å². The lowest BCUT2D eigenvalue weighted by atomic mass is 10.1. The van der Waals surface area contributed by atoms with Gasteiger partial charge in [0.25, 0.3) is 5.91 Å². The van der Waals surface area contributed by atoms with Gasteiger partial charge >= 0.3 is 0 Å². The number of rotatable bonds is 7. The summed E-state index contributed by atoms with van der Waals surface area (Å²) in [6.45, 7) is 2.61. The summed E-state index contributed by atoms with van der Waals surface area (Å²) in [6.07, 6.45) is 2.41. The number of carbonyl (C=O) groups is 1. The van der Waals surface area contributed by atoms with Crippen LogP contribution in [0.15, 0.2) is 53.1 Å². The molecule has 0 saturated carbocycles. The van der Waals surface area contributed by atoms with Crippen LogP contribution < -0.4 is 14.4 Å². The molecule has 1 aliphatic rings. The molecule has 1 aromatic heterocycles. The third kappa shape index (κ3) is 4.35. The van der Waals surface area contributed by atoms with E-state index in [0.717, 1.165) is 18.7 Å². The maximum Gasteiger partial charge on any atom is 0.276 e. The molecule has 0 spiro atoms. The molecule has 31 heavy (non-hydrogen) atoms. The average molecular weight is 421 g/mol. The van der Waals surface area contributed by atoms with Gasteiger partial charge in [-0.15, -0.1) is 0 Å². The van der Waals surface area contributed by atoms with Gasteiger partial charge in [0.05, 0.1) is 19.8 Å². The van der Waals surface area contributed by atoms with E-state index >= 15 is 0 Å². The number of carbonyl (C=O) groups excluding carboxylic acids is 1. The van der Waals surface area contributed by atoms with Crippen LogP contribution in [-0.2, 0) is 6.54 Å². The van der Waals surface area contributed by atoms with Crippen molar-refractivity contribution in [3.8, 4) is 22.8 Å². The van der Waals surface area contributed by atoms with Crippen LogP contribution in [0.5, 0.6) is 11.5 Å². The summed E-state index contributed by atoms with van der Waals surface area (Å²) >= 11 is 0. The average Bonchev–Trinajstić information content (AvgIpc) is 3.51. The van der Waals surface area contributed by atoms with Crippen molar-refractivity contribution in [2.45, 2.75) is 19.4 Å². The number of hydrogen-bond donors (Lipinski definition) is 0. The van der Waals surface area contributed by atoms with Gasteiger partial charge in [-0.25, -0.2) is 0 Å². The van der Waals surface area contributed by atoms with E-state index in [0.29, 0.717) is 29.4 Å². The van der Waals surface area contributed by atoms with Crippen molar-refractivity contribution in [3.63, 3.8) is 0 Å². The molecule has 7 heteroatoms. The van der Waals surface area contributed by atoms with Gasteiger partial charge < -0.3 is 23.8 Å². The van der Waals surface area contributed by atoms with Crippen molar-refractivity contribution in [2.75, 3.05) is 39.3 Å². The quantitative estimate of drug-likeness (QED) is 0.569. The number of para-hydroxylation sites is 1. The van der Waals surface area contributed by atoms with Gasteiger partial charge in [-0.3, -0.25) is 4.79 Å². The minimum Gasteiger partial charge on any atom is -0.497 e. The molecule has 0 N–H and O–H groups in total. The molecular weight excluding hydrogens is 394 g/mol. The molecule has 1 saturated heterocycles. The smallest absolute Gasteiger partial charge is 0.276 e. The van der Waals surface area contributed by atoms with Crippen molar-refractivity contribution in [3.05, 3.63) is 59.8 Å². The summed E-state index contributed by atoms with van der Waals surface area (Å²) in [6, 6.07) is 15.3. The number of anilines is 1. The molecule has 0 bridgehead atoms. The molecular formula is C24H27N3O4. The van der Waals surface area contributed by atoms with Gasteiger partial charge in [-0.1, -0.05) is 23.4 Å². The van der Waals surface area contributed by atoms with E-state index in [-0.39, 0.29) is 11.6 Å². The summed E-state index contributed by atoms with van der Waals surface area (Å²) in [4.78, 5) is 17.1. The number of benzene rings is 2. The van der Waals surface area contributed by atoms with Gasteiger partial charge in [0, 0.05) is 38.4 Å². The third-order valence-electron chi connectivity index (χ3n) is 5.59.